The number of benzene rings is 2. The van der Waals surface area contributed by atoms with Crippen LogP contribution in [0.1, 0.15) is 18.9 Å². The van der Waals surface area contributed by atoms with Crippen LogP contribution in [0.5, 0.6) is 0 Å². The third-order valence-corrected chi connectivity index (χ3v) is 5.81. The van der Waals surface area contributed by atoms with Crippen LogP contribution in [0.15, 0.2) is 73.2 Å². The number of hydrogen-bond donors (Lipinski definition) is 0. The molecule has 0 radical (unpaired) electrons. The Hall–Kier alpha value is -2.98. The highest BCUT2D eigenvalue weighted by molar-refractivity contribution is 5.96. The molecular formula is C24H24N4. The van der Waals surface area contributed by atoms with Gasteiger partial charge in [0, 0.05) is 28.8 Å². The summed E-state index contributed by atoms with van der Waals surface area (Å²) < 4.78 is 2.40. The van der Waals surface area contributed by atoms with Gasteiger partial charge in [-0.1, -0.05) is 54.6 Å². The Balaban J connectivity index is 1.73. The van der Waals surface area contributed by atoms with E-state index in [0.717, 1.165) is 53.7 Å². The Kier molecular flexibility index (Phi) is 4.41. The molecule has 4 nitrogen and oxygen atoms in total. The van der Waals surface area contributed by atoms with Crippen molar-refractivity contribution in [3.05, 3.63) is 73.2 Å². The topological polar surface area (TPSA) is 34.0 Å². The van der Waals surface area contributed by atoms with Crippen molar-refractivity contribution in [1.29, 1.82) is 0 Å². The molecule has 0 atom stereocenters. The van der Waals surface area contributed by atoms with Gasteiger partial charge >= 0.3 is 0 Å². The van der Waals surface area contributed by atoms with Crippen LogP contribution in [-0.4, -0.2) is 39.6 Å². The maximum absolute atomic E-state index is 4.89. The molecule has 1 saturated heterocycles. The summed E-state index contributed by atoms with van der Waals surface area (Å²) in [7, 11) is 2.20. The average molecular weight is 368 g/mol. The molecular weight excluding hydrogens is 344 g/mol. The minimum absolute atomic E-state index is 0.468. The number of hydrogen-bond acceptors (Lipinski definition) is 3. The zero-order valence-corrected chi connectivity index (χ0v) is 16.1. The van der Waals surface area contributed by atoms with Crippen LogP contribution in [0.3, 0.4) is 0 Å². The van der Waals surface area contributed by atoms with Gasteiger partial charge in [-0.15, -0.1) is 0 Å². The Labute approximate surface area is 165 Å². The Morgan fingerprint density at radius 2 is 1.64 bits per heavy atom. The molecule has 4 heteroatoms. The van der Waals surface area contributed by atoms with Gasteiger partial charge in [0.1, 0.15) is 0 Å². The molecule has 0 aliphatic carbocycles. The van der Waals surface area contributed by atoms with E-state index in [9.17, 15) is 0 Å². The highest BCUT2D eigenvalue weighted by Gasteiger charge is 2.24. The lowest BCUT2D eigenvalue weighted by molar-refractivity contribution is 0.222. The van der Waals surface area contributed by atoms with Crippen molar-refractivity contribution >= 4 is 10.9 Å². The SMILES string of the molecule is CN1CCC(n2cnc(-c3ccccc3)c2-c2cccc3cccnc23)CC1. The first-order valence-electron chi connectivity index (χ1n) is 9.96. The van der Waals surface area contributed by atoms with E-state index in [1.54, 1.807) is 0 Å². The Morgan fingerprint density at radius 3 is 2.46 bits per heavy atom. The number of pyridine rings is 1. The molecule has 1 fully saturated rings. The van der Waals surface area contributed by atoms with Gasteiger partial charge in [0.05, 0.1) is 23.2 Å². The summed E-state index contributed by atoms with van der Waals surface area (Å²) >= 11 is 0. The predicted molar refractivity (Wildman–Crippen MR) is 114 cm³/mol. The summed E-state index contributed by atoms with van der Waals surface area (Å²) in [4.78, 5) is 12.0. The molecule has 0 spiro atoms. The van der Waals surface area contributed by atoms with E-state index in [-0.39, 0.29) is 0 Å². The fraction of sp³-hybridized carbons (Fsp3) is 0.250. The zero-order chi connectivity index (χ0) is 18.9. The first kappa shape index (κ1) is 17.1. The molecule has 0 saturated carbocycles. The van der Waals surface area contributed by atoms with E-state index in [1.807, 2.05) is 18.6 Å². The highest BCUT2D eigenvalue weighted by Crippen LogP contribution is 2.38. The number of piperidine rings is 1. The fourth-order valence-corrected chi connectivity index (χ4v) is 4.28. The number of rotatable bonds is 3. The molecule has 0 N–H and O–H groups in total. The van der Waals surface area contributed by atoms with Crippen LogP contribution in [0.25, 0.3) is 33.4 Å². The van der Waals surface area contributed by atoms with Gasteiger partial charge in [-0.25, -0.2) is 4.98 Å². The molecule has 0 bridgehead atoms. The fourth-order valence-electron chi connectivity index (χ4n) is 4.28. The monoisotopic (exact) mass is 368 g/mol. The lowest BCUT2D eigenvalue weighted by Gasteiger charge is -2.31. The van der Waals surface area contributed by atoms with Crippen molar-refractivity contribution in [3.8, 4) is 22.5 Å². The maximum atomic E-state index is 4.89. The third kappa shape index (κ3) is 3.00. The number of likely N-dealkylation sites (tertiary alicyclic amines) is 1. The van der Waals surface area contributed by atoms with Crippen LogP contribution in [0.2, 0.25) is 0 Å². The minimum atomic E-state index is 0.468. The normalized spacial score (nSPS) is 15.9. The maximum Gasteiger partial charge on any atom is 0.0964 e. The van der Waals surface area contributed by atoms with Crippen molar-refractivity contribution in [2.24, 2.45) is 0 Å². The summed E-state index contributed by atoms with van der Waals surface area (Å²) in [6.07, 6.45) is 6.21. The highest BCUT2D eigenvalue weighted by atomic mass is 15.1. The van der Waals surface area contributed by atoms with Gasteiger partial charge in [0.25, 0.3) is 0 Å². The van der Waals surface area contributed by atoms with E-state index in [4.69, 9.17) is 9.97 Å². The smallest absolute Gasteiger partial charge is 0.0964 e. The van der Waals surface area contributed by atoms with Gasteiger partial charge in [-0.2, -0.15) is 0 Å². The lowest BCUT2D eigenvalue weighted by atomic mass is 9.99. The summed E-state index contributed by atoms with van der Waals surface area (Å²) in [6.45, 7) is 2.24. The van der Waals surface area contributed by atoms with E-state index in [2.05, 4.69) is 71.1 Å². The van der Waals surface area contributed by atoms with Crippen LogP contribution < -0.4 is 0 Å². The number of imidazole rings is 1. The molecule has 2 aromatic carbocycles. The van der Waals surface area contributed by atoms with E-state index < -0.39 is 0 Å². The quantitative estimate of drug-likeness (QED) is 0.508. The largest absolute Gasteiger partial charge is 0.327 e. The van der Waals surface area contributed by atoms with Gasteiger partial charge in [-0.3, -0.25) is 4.98 Å². The standard InChI is InChI=1S/C24H24N4/c1-27-15-12-20(13-16-27)28-17-26-23(19-7-3-2-4-8-19)24(28)21-11-5-9-18-10-6-14-25-22(18)21/h2-11,14,17,20H,12-13,15-16H2,1H3. The molecule has 0 amide bonds. The molecule has 2 aromatic heterocycles. The molecule has 3 heterocycles. The van der Waals surface area contributed by atoms with Crippen LogP contribution in [-0.2, 0) is 0 Å². The van der Waals surface area contributed by atoms with Gasteiger partial charge in [-0.05, 0) is 39.0 Å². The van der Waals surface area contributed by atoms with Crippen molar-refractivity contribution in [2.45, 2.75) is 18.9 Å². The minimum Gasteiger partial charge on any atom is -0.327 e. The van der Waals surface area contributed by atoms with Gasteiger partial charge < -0.3 is 9.47 Å². The molecule has 4 aromatic rings. The summed E-state index contributed by atoms with van der Waals surface area (Å²) in [5.74, 6) is 0. The second kappa shape index (κ2) is 7.21. The van der Waals surface area contributed by atoms with E-state index in [0.29, 0.717) is 6.04 Å². The van der Waals surface area contributed by atoms with Crippen molar-refractivity contribution in [2.75, 3.05) is 20.1 Å². The first-order valence-corrected chi connectivity index (χ1v) is 9.96. The number of fused-ring (bicyclic) bond motifs is 1. The van der Waals surface area contributed by atoms with Crippen LogP contribution in [0, 0.1) is 0 Å². The van der Waals surface area contributed by atoms with Crippen LogP contribution in [0.4, 0.5) is 0 Å². The Bertz CT molecular complexity index is 1090. The van der Waals surface area contributed by atoms with Gasteiger partial charge in [0.15, 0.2) is 0 Å². The van der Waals surface area contributed by atoms with Crippen molar-refractivity contribution < 1.29 is 0 Å². The van der Waals surface area contributed by atoms with E-state index in [1.165, 1.54) is 5.69 Å². The second-order valence-electron chi connectivity index (χ2n) is 7.63. The number of para-hydroxylation sites is 1. The molecule has 0 unspecified atom stereocenters. The predicted octanol–water partition coefficient (Wildman–Crippen LogP) is 5.03. The molecule has 28 heavy (non-hydrogen) atoms. The van der Waals surface area contributed by atoms with Crippen molar-refractivity contribution in [1.82, 2.24) is 19.4 Å². The molecule has 5 rings (SSSR count). The summed E-state index contributed by atoms with van der Waals surface area (Å²) in [6, 6.07) is 21.5. The second-order valence-corrected chi connectivity index (χ2v) is 7.63. The zero-order valence-electron chi connectivity index (χ0n) is 16.1. The summed E-state index contributed by atoms with van der Waals surface area (Å²) in [5, 5.41) is 1.16. The summed E-state index contributed by atoms with van der Waals surface area (Å²) in [5.41, 5.74) is 5.57. The van der Waals surface area contributed by atoms with Crippen LogP contribution >= 0.6 is 0 Å². The Morgan fingerprint density at radius 1 is 0.857 bits per heavy atom. The third-order valence-electron chi connectivity index (χ3n) is 5.81. The molecule has 1 aliphatic heterocycles. The van der Waals surface area contributed by atoms with Crippen molar-refractivity contribution in [3.63, 3.8) is 0 Å². The average Bonchev–Trinajstić information content (AvgIpc) is 3.19. The van der Waals surface area contributed by atoms with Gasteiger partial charge in [0.2, 0.25) is 0 Å². The molecule has 140 valence electrons. The number of nitrogens with zero attached hydrogens (tertiary/aromatic N) is 4. The van der Waals surface area contributed by atoms with E-state index >= 15 is 0 Å². The molecule has 1 aliphatic rings. The lowest BCUT2D eigenvalue weighted by Crippen LogP contribution is -2.31. The number of aromatic nitrogens is 3. The first-order chi connectivity index (χ1) is 13.8.